The molecule has 7 heteroatoms. The Morgan fingerprint density at radius 3 is 2.90 bits per heavy atom. The summed E-state index contributed by atoms with van der Waals surface area (Å²) in [6.07, 6.45) is 6.54. The van der Waals surface area contributed by atoms with E-state index in [-0.39, 0.29) is 11.7 Å². The van der Waals surface area contributed by atoms with Crippen molar-refractivity contribution < 1.29 is 0 Å². The van der Waals surface area contributed by atoms with Crippen LogP contribution in [0, 0.1) is 0 Å². The van der Waals surface area contributed by atoms with Gasteiger partial charge in [-0.15, -0.1) is 5.10 Å². The Kier molecular flexibility index (Phi) is 3.53. The van der Waals surface area contributed by atoms with Crippen LogP contribution in [0.4, 0.5) is 0 Å². The van der Waals surface area contributed by atoms with Crippen molar-refractivity contribution in [2.24, 2.45) is 0 Å². The number of hydrogen-bond acceptors (Lipinski definition) is 4. The number of rotatable bonds is 3. The van der Waals surface area contributed by atoms with Gasteiger partial charge in [0.15, 0.2) is 0 Å². The van der Waals surface area contributed by atoms with Crippen LogP contribution in [0.25, 0.3) is 11.3 Å². The second-order valence-electron chi connectivity index (χ2n) is 4.55. The summed E-state index contributed by atoms with van der Waals surface area (Å²) in [5.74, 6) is 0. The zero-order chi connectivity index (χ0) is 14.8. The van der Waals surface area contributed by atoms with E-state index < -0.39 is 0 Å². The quantitative estimate of drug-likeness (QED) is 0.744. The van der Waals surface area contributed by atoms with Crippen molar-refractivity contribution in [2.75, 3.05) is 0 Å². The van der Waals surface area contributed by atoms with Gasteiger partial charge in [-0.2, -0.15) is 0 Å². The number of nitrogens with zero attached hydrogens (tertiary/aromatic N) is 5. The number of halogens is 1. The monoisotopic (exact) mass is 301 g/mol. The Morgan fingerprint density at radius 1 is 1.33 bits per heavy atom. The summed E-state index contributed by atoms with van der Waals surface area (Å²) < 4.78 is 3.16. The molecular weight excluding hydrogens is 290 g/mol. The van der Waals surface area contributed by atoms with E-state index in [0.717, 1.165) is 5.56 Å². The molecule has 1 atom stereocenters. The molecule has 3 aromatic rings. The van der Waals surface area contributed by atoms with Gasteiger partial charge in [-0.25, -0.2) is 4.68 Å². The molecule has 0 aliphatic carbocycles. The third-order valence-electron chi connectivity index (χ3n) is 3.16. The second-order valence-corrected chi connectivity index (χ2v) is 4.98. The molecule has 0 spiro atoms. The predicted octanol–water partition coefficient (Wildman–Crippen LogP) is 2.22. The van der Waals surface area contributed by atoms with Gasteiger partial charge in [-0.05, 0) is 25.1 Å². The minimum atomic E-state index is -0.298. The Labute approximate surface area is 125 Å². The van der Waals surface area contributed by atoms with Crippen LogP contribution in [0.5, 0.6) is 0 Å². The van der Waals surface area contributed by atoms with Crippen molar-refractivity contribution in [1.82, 2.24) is 24.5 Å². The second kappa shape index (κ2) is 5.49. The van der Waals surface area contributed by atoms with Gasteiger partial charge in [0.05, 0.1) is 6.20 Å². The molecule has 0 saturated heterocycles. The summed E-state index contributed by atoms with van der Waals surface area (Å²) in [5.41, 5.74) is 1.39. The van der Waals surface area contributed by atoms with Crippen molar-refractivity contribution in [3.8, 4) is 11.3 Å². The summed E-state index contributed by atoms with van der Waals surface area (Å²) in [4.78, 5) is 16.0. The van der Waals surface area contributed by atoms with Crippen molar-refractivity contribution in [2.45, 2.75) is 13.1 Å². The van der Waals surface area contributed by atoms with E-state index in [1.165, 1.54) is 10.6 Å². The largest absolute Gasteiger partial charge is 0.293 e. The van der Waals surface area contributed by atoms with Gasteiger partial charge in [-0.3, -0.25) is 14.3 Å². The Balaban J connectivity index is 1.94. The normalized spacial score (nSPS) is 12.3. The first-order valence-electron chi connectivity index (χ1n) is 6.35. The van der Waals surface area contributed by atoms with Gasteiger partial charge < -0.3 is 0 Å². The first-order chi connectivity index (χ1) is 10.1. The zero-order valence-corrected chi connectivity index (χ0v) is 12.0. The van der Waals surface area contributed by atoms with Crippen LogP contribution in [0.1, 0.15) is 13.1 Å². The van der Waals surface area contributed by atoms with Crippen LogP contribution in [-0.4, -0.2) is 24.5 Å². The maximum absolute atomic E-state index is 11.9. The molecule has 0 fully saturated rings. The Bertz CT molecular complexity index is 811. The average Bonchev–Trinajstić information content (AvgIpc) is 2.97. The zero-order valence-electron chi connectivity index (χ0n) is 11.2. The van der Waals surface area contributed by atoms with Crippen LogP contribution in [0.2, 0.25) is 5.02 Å². The van der Waals surface area contributed by atoms with E-state index in [1.807, 2.05) is 19.1 Å². The average molecular weight is 302 g/mol. The van der Waals surface area contributed by atoms with Crippen molar-refractivity contribution in [3.63, 3.8) is 0 Å². The van der Waals surface area contributed by atoms with Crippen LogP contribution >= 0.6 is 11.6 Å². The summed E-state index contributed by atoms with van der Waals surface area (Å²) in [5, 5.41) is 8.61. The lowest BCUT2D eigenvalue weighted by molar-refractivity contribution is 0.405. The van der Waals surface area contributed by atoms with Crippen LogP contribution < -0.4 is 5.56 Å². The van der Waals surface area contributed by atoms with Gasteiger partial charge in [0, 0.05) is 35.2 Å². The van der Waals surface area contributed by atoms with Gasteiger partial charge in [-0.1, -0.05) is 16.8 Å². The highest BCUT2D eigenvalue weighted by Crippen LogP contribution is 2.16. The standard InChI is InChI=1S/C14H12ClN5O/c1-10(19-6-4-12(15)7-14(19)21)20-9-13(17-18-20)11-3-2-5-16-8-11/h2-10H,1H3. The lowest BCUT2D eigenvalue weighted by Gasteiger charge is -2.14. The van der Waals surface area contributed by atoms with E-state index in [2.05, 4.69) is 15.3 Å². The van der Waals surface area contributed by atoms with E-state index in [9.17, 15) is 4.79 Å². The molecule has 21 heavy (non-hydrogen) atoms. The molecule has 0 amide bonds. The molecule has 0 aromatic carbocycles. The van der Waals surface area contributed by atoms with E-state index in [4.69, 9.17) is 11.6 Å². The number of hydrogen-bond donors (Lipinski definition) is 0. The summed E-state index contributed by atoms with van der Waals surface area (Å²) in [7, 11) is 0. The van der Waals surface area contributed by atoms with Gasteiger partial charge in [0.1, 0.15) is 11.9 Å². The molecule has 3 aromatic heterocycles. The van der Waals surface area contributed by atoms with Gasteiger partial charge in [0.25, 0.3) is 5.56 Å². The van der Waals surface area contributed by atoms with Gasteiger partial charge >= 0.3 is 0 Å². The SMILES string of the molecule is CC(n1cc(-c2cccnc2)nn1)n1ccc(Cl)cc1=O. The third kappa shape index (κ3) is 2.71. The Morgan fingerprint density at radius 2 is 2.19 bits per heavy atom. The van der Waals surface area contributed by atoms with Crippen LogP contribution in [-0.2, 0) is 0 Å². The molecule has 3 heterocycles. The smallest absolute Gasteiger partial charge is 0.253 e. The molecule has 6 nitrogen and oxygen atoms in total. The molecule has 0 radical (unpaired) electrons. The summed E-state index contributed by atoms with van der Waals surface area (Å²) >= 11 is 5.80. The summed E-state index contributed by atoms with van der Waals surface area (Å²) in [6, 6.07) is 6.78. The Hall–Kier alpha value is -2.47. The molecule has 106 valence electrons. The minimum absolute atomic E-state index is 0.187. The van der Waals surface area contributed by atoms with Crippen molar-refractivity contribution in [1.29, 1.82) is 0 Å². The molecule has 0 bridgehead atoms. The highest BCUT2D eigenvalue weighted by atomic mass is 35.5. The first-order valence-corrected chi connectivity index (χ1v) is 6.73. The van der Waals surface area contributed by atoms with Crippen LogP contribution in [0.3, 0.4) is 0 Å². The van der Waals surface area contributed by atoms with E-state index >= 15 is 0 Å². The molecule has 0 aliphatic rings. The molecule has 3 rings (SSSR count). The van der Waals surface area contributed by atoms with Crippen molar-refractivity contribution in [3.05, 3.63) is 64.4 Å². The van der Waals surface area contributed by atoms with E-state index in [0.29, 0.717) is 10.7 Å². The fourth-order valence-corrected chi connectivity index (χ4v) is 2.16. The van der Waals surface area contributed by atoms with Crippen molar-refractivity contribution >= 4 is 11.6 Å². The molecule has 1 unspecified atom stereocenters. The maximum Gasteiger partial charge on any atom is 0.253 e. The summed E-state index contributed by atoms with van der Waals surface area (Å²) in [6.45, 7) is 1.86. The lowest BCUT2D eigenvalue weighted by atomic mass is 10.2. The topological polar surface area (TPSA) is 65.6 Å². The minimum Gasteiger partial charge on any atom is -0.293 e. The molecule has 0 N–H and O–H groups in total. The lowest BCUT2D eigenvalue weighted by Crippen LogP contribution is -2.26. The fourth-order valence-electron chi connectivity index (χ4n) is 2.01. The molecule has 0 saturated carbocycles. The first kappa shape index (κ1) is 13.5. The molecular formula is C14H12ClN5O. The predicted molar refractivity (Wildman–Crippen MR) is 79.1 cm³/mol. The number of aromatic nitrogens is 5. The highest BCUT2D eigenvalue weighted by molar-refractivity contribution is 6.30. The molecule has 0 aliphatic heterocycles. The fraction of sp³-hybridized carbons (Fsp3) is 0.143. The number of pyridine rings is 2. The maximum atomic E-state index is 11.9. The van der Waals surface area contributed by atoms with Crippen LogP contribution in [0.15, 0.2) is 53.8 Å². The van der Waals surface area contributed by atoms with Gasteiger partial charge in [0.2, 0.25) is 0 Å². The third-order valence-corrected chi connectivity index (χ3v) is 3.40. The highest BCUT2D eigenvalue weighted by Gasteiger charge is 2.12. The van der Waals surface area contributed by atoms with E-state index in [1.54, 1.807) is 35.5 Å².